The van der Waals surface area contributed by atoms with E-state index in [1.807, 2.05) is 0 Å². The lowest BCUT2D eigenvalue weighted by atomic mass is 10.4. The zero-order valence-corrected chi connectivity index (χ0v) is 9.25. The molecule has 1 aromatic heterocycles. The topological polar surface area (TPSA) is 62.8 Å². The van der Waals surface area contributed by atoms with Gasteiger partial charge < -0.3 is 0 Å². The highest BCUT2D eigenvalue weighted by atomic mass is 32.2. The Bertz CT molecular complexity index is 605. The number of H-pyrrole nitrogens is 1. The van der Waals surface area contributed by atoms with Crippen LogP contribution in [0.4, 0.5) is 4.39 Å². The van der Waals surface area contributed by atoms with Crippen molar-refractivity contribution < 1.29 is 12.8 Å². The summed E-state index contributed by atoms with van der Waals surface area (Å²) in [5.74, 6) is -0.830. The summed E-state index contributed by atoms with van der Waals surface area (Å²) >= 11 is 0. The standard InChI is InChI=1S/C10H9FN2O2S/c1-7-9(11)10(13-12-7)16(14,15)8-5-3-2-4-6-8/h2-6H,1H3,(H,12,13). The second-order valence-electron chi connectivity index (χ2n) is 3.28. The molecule has 84 valence electrons. The van der Waals surface area contributed by atoms with Gasteiger partial charge in [0.15, 0.2) is 5.82 Å². The molecule has 4 nitrogen and oxygen atoms in total. The predicted octanol–water partition coefficient (Wildman–Crippen LogP) is 1.69. The van der Waals surface area contributed by atoms with Crippen molar-refractivity contribution in [1.82, 2.24) is 10.2 Å². The molecule has 0 saturated carbocycles. The lowest BCUT2D eigenvalue weighted by molar-refractivity contribution is 0.559. The van der Waals surface area contributed by atoms with Crippen LogP contribution in [0.2, 0.25) is 0 Å². The molecule has 1 N–H and O–H groups in total. The molecule has 6 heteroatoms. The van der Waals surface area contributed by atoms with Crippen LogP contribution in [-0.2, 0) is 9.84 Å². The maximum atomic E-state index is 13.5. The summed E-state index contributed by atoms with van der Waals surface area (Å²) in [5.41, 5.74) is 0.106. The molecule has 2 rings (SSSR count). The first-order valence-corrected chi connectivity index (χ1v) is 6.02. The molecule has 0 amide bonds. The van der Waals surface area contributed by atoms with Crippen molar-refractivity contribution >= 4 is 9.84 Å². The molecule has 16 heavy (non-hydrogen) atoms. The second kappa shape index (κ2) is 3.71. The Hall–Kier alpha value is -1.69. The predicted molar refractivity (Wildman–Crippen MR) is 55.2 cm³/mol. The molecule has 0 aliphatic carbocycles. The van der Waals surface area contributed by atoms with Crippen molar-refractivity contribution in [2.75, 3.05) is 0 Å². The highest BCUT2D eigenvalue weighted by Gasteiger charge is 2.25. The number of nitrogens with one attached hydrogen (secondary N) is 1. The molecule has 0 atom stereocenters. The van der Waals surface area contributed by atoms with Crippen LogP contribution in [0.15, 0.2) is 40.3 Å². The number of sulfone groups is 1. The molecule has 0 bridgehead atoms. The van der Waals surface area contributed by atoms with E-state index in [2.05, 4.69) is 10.2 Å². The zero-order chi connectivity index (χ0) is 11.8. The fraction of sp³-hybridized carbons (Fsp3) is 0.100. The molecular weight excluding hydrogens is 231 g/mol. The smallest absolute Gasteiger partial charge is 0.228 e. The van der Waals surface area contributed by atoms with Crippen LogP contribution in [0.25, 0.3) is 0 Å². The van der Waals surface area contributed by atoms with Gasteiger partial charge in [-0.2, -0.15) is 5.10 Å². The van der Waals surface area contributed by atoms with E-state index in [1.165, 1.54) is 19.1 Å². The van der Waals surface area contributed by atoms with Crippen molar-refractivity contribution in [3.8, 4) is 0 Å². The summed E-state index contributed by atoms with van der Waals surface area (Å²) in [4.78, 5) is 0.0281. The summed E-state index contributed by atoms with van der Waals surface area (Å²) in [6.07, 6.45) is 0. The Kier molecular flexibility index (Phi) is 2.51. The number of hydrogen-bond donors (Lipinski definition) is 1. The molecule has 0 fully saturated rings. The van der Waals surface area contributed by atoms with E-state index < -0.39 is 20.7 Å². The zero-order valence-electron chi connectivity index (χ0n) is 8.44. The molecule has 0 saturated heterocycles. The number of nitrogens with zero attached hydrogens (tertiary/aromatic N) is 1. The number of aromatic nitrogens is 2. The van der Waals surface area contributed by atoms with Crippen LogP contribution < -0.4 is 0 Å². The van der Waals surface area contributed by atoms with Gasteiger partial charge in [-0.25, -0.2) is 12.8 Å². The fourth-order valence-corrected chi connectivity index (χ4v) is 2.58. The Morgan fingerprint density at radius 1 is 1.25 bits per heavy atom. The lowest BCUT2D eigenvalue weighted by Gasteiger charge is -2.00. The first kappa shape index (κ1) is 10.8. The van der Waals surface area contributed by atoms with Gasteiger partial charge in [0.05, 0.1) is 10.6 Å². The van der Waals surface area contributed by atoms with Crippen LogP contribution >= 0.6 is 0 Å². The third kappa shape index (κ3) is 1.61. The van der Waals surface area contributed by atoms with Crippen LogP contribution in [0.5, 0.6) is 0 Å². The normalized spacial score (nSPS) is 11.6. The molecule has 0 radical (unpaired) electrons. The van der Waals surface area contributed by atoms with Gasteiger partial charge in [0.1, 0.15) is 0 Å². The minimum absolute atomic E-state index is 0.0281. The Morgan fingerprint density at radius 2 is 1.88 bits per heavy atom. The molecule has 0 unspecified atom stereocenters. The van der Waals surface area contributed by atoms with E-state index in [0.29, 0.717) is 0 Å². The van der Waals surface area contributed by atoms with Gasteiger partial charge in [-0.15, -0.1) is 0 Å². The van der Waals surface area contributed by atoms with Gasteiger partial charge in [-0.3, -0.25) is 5.10 Å². The van der Waals surface area contributed by atoms with Gasteiger partial charge >= 0.3 is 0 Å². The van der Waals surface area contributed by atoms with E-state index in [4.69, 9.17) is 0 Å². The van der Waals surface area contributed by atoms with Gasteiger partial charge in [-0.1, -0.05) is 18.2 Å². The van der Waals surface area contributed by atoms with E-state index >= 15 is 0 Å². The quantitative estimate of drug-likeness (QED) is 0.868. The largest absolute Gasteiger partial charge is 0.278 e. The van der Waals surface area contributed by atoms with E-state index in [0.717, 1.165) is 0 Å². The maximum absolute atomic E-state index is 13.5. The monoisotopic (exact) mass is 240 g/mol. The summed E-state index contributed by atoms with van der Waals surface area (Å²) in [6, 6.07) is 7.64. The molecule has 0 spiro atoms. The molecular formula is C10H9FN2O2S. The van der Waals surface area contributed by atoms with Gasteiger partial charge in [-0.05, 0) is 19.1 Å². The SMILES string of the molecule is Cc1[nH]nc(S(=O)(=O)c2ccccc2)c1F. The average Bonchev–Trinajstić information content (AvgIpc) is 2.61. The maximum Gasteiger partial charge on any atom is 0.228 e. The van der Waals surface area contributed by atoms with Crippen molar-refractivity contribution in [2.24, 2.45) is 0 Å². The summed E-state index contributed by atoms with van der Waals surface area (Å²) in [5, 5.41) is 5.22. The lowest BCUT2D eigenvalue weighted by Crippen LogP contribution is -2.04. The van der Waals surface area contributed by atoms with Crippen molar-refractivity contribution in [3.05, 3.63) is 41.8 Å². The first-order valence-electron chi connectivity index (χ1n) is 4.54. The van der Waals surface area contributed by atoms with Gasteiger partial charge in [0.25, 0.3) is 0 Å². The van der Waals surface area contributed by atoms with E-state index in [9.17, 15) is 12.8 Å². The average molecular weight is 240 g/mol. The van der Waals surface area contributed by atoms with Gasteiger partial charge in [0, 0.05) is 0 Å². The minimum Gasteiger partial charge on any atom is -0.278 e. The molecule has 2 aromatic rings. The highest BCUT2D eigenvalue weighted by Crippen LogP contribution is 2.22. The minimum atomic E-state index is -3.87. The van der Waals surface area contributed by atoms with E-state index in [1.54, 1.807) is 18.2 Å². The Balaban J connectivity index is 2.61. The third-order valence-corrected chi connectivity index (χ3v) is 3.82. The van der Waals surface area contributed by atoms with Crippen molar-refractivity contribution in [1.29, 1.82) is 0 Å². The molecule has 0 aliphatic heterocycles. The molecule has 1 heterocycles. The van der Waals surface area contributed by atoms with Crippen LogP contribution in [0.3, 0.4) is 0 Å². The highest BCUT2D eigenvalue weighted by molar-refractivity contribution is 7.91. The Labute approximate surface area is 92.0 Å². The summed E-state index contributed by atoms with van der Waals surface area (Å²) < 4.78 is 37.4. The molecule has 1 aromatic carbocycles. The third-order valence-electron chi connectivity index (χ3n) is 2.15. The van der Waals surface area contributed by atoms with Crippen molar-refractivity contribution in [3.63, 3.8) is 0 Å². The van der Waals surface area contributed by atoms with E-state index in [-0.39, 0.29) is 10.6 Å². The second-order valence-corrected chi connectivity index (χ2v) is 5.15. The first-order chi connectivity index (χ1) is 7.53. The number of aromatic amines is 1. The number of rotatable bonds is 2. The van der Waals surface area contributed by atoms with Crippen LogP contribution in [-0.4, -0.2) is 18.6 Å². The fourth-order valence-electron chi connectivity index (χ4n) is 1.28. The summed E-state index contributed by atoms with van der Waals surface area (Å²) in [7, 11) is -3.87. The number of aryl methyl sites for hydroxylation is 1. The van der Waals surface area contributed by atoms with Gasteiger partial charge in [0.2, 0.25) is 14.9 Å². The number of halogens is 1. The summed E-state index contributed by atoms with van der Waals surface area (Å²) in [6.45, 7) is 1.42. The molecule has 0 aliphatic rings. The van der Waals surface area contributed by atoms with Crippen LogP contribution in [0, 0.1) is 12.7 Å². The van der Waals surface area contributed by atoms with Crippen molar-refractivity contribution in [2.45, 2.75) is 16.8 Å². The number of hydrogen-bond acceptors (Lipinski definition) is 3. The van der Waals surface area contributed by atoms with Crippen LogP contribution in [0.1, 0.15) is 5.69 Å². The number of benzene rings is 1. The Morgan fingerprint density at radius 3 is 2.38 bits per heavy atom.